The number of unbranched alkanes of at least 4 members (excludes halogenated alkanes) is 1. The minimum absolute atomic E-state index is 0. The van der Waals surface area contributed by atoms with Crippen LogP contribution in [0.2, 0.25) is 0 Å². The Morgan fingerprint density at radius 2 is 2.21 bits per heavy atom. The van der Waals surface area contributed by atoms with Gasteiger partial charge in [-0.15, -0.1) is 24.0 Å². The molecule has 7 heteroatoms. The van der Waals surface area contributed by atoms with Crippen molar-refractivity contribution in [3.63, 3.8) is 0 Å². The van der Waals surface area contributed by atoms with Crippen molar-refractivity contribution in [2.75, 3.05) is 44.3 Å². The Hall–Kier alpha value is -0.700. The Bertz CT molecular complexity index is 471. The molecule has 0 aliphatic carbocycles. The molecular formula is C17H30IN5S. The molecule has 1 aromatic rings. The highest BCUT2D eigenvalue weighted by atomic mass is 127. The molecule has 5 nitrogen and oxygen atoms in total. The molecule has 1 aliphatic rings. The van der Waals surface area contributed by atoms with Crippen LogP contribution in [0.4, 0.5) is 5.82 Å². The first-order valence-corrected chi connectivity index (χ1v) is 9.60. The molecule has 1 aliphatic heterocycles. The topological polar surface area (TPSA) is 52.5 Å². The molecule has 1 saturated heterocycles. The van der Waals surface area contributed by atoms with Gasteiger partial charge in [-0.3, -0.25) is 4.99 Å². The minimum Gasteiger partial charge on any atom is -0.370 e. The first-order valence-electron chi connectivity index (χ1n) is 8.55. The van der Waals surface area contributed by atoms with Crippen molar-refractivity contribution in [3.8, 4) is 0 Å². The van der Waals surface area contributed by atoms with Gasteiger partial charge in [0.15, 0.2) is 5.96 Å². The van der Waals surface area contributed by atoms with Gasteiger partial charge in [0.1, 0.15) is 5.82 Å². The molecule has 1 fully saturated rings. The van der Waals surface area contributed by atoms with E-state index in [0.29, 0.717) is 0 Å². The fourth-order valence-electron chi connectivity index (χ4n) is 2.62. The van der Waals surface area contributed by atoms with E-state index in [1.807, 2.05) is 31.4 Å². The summed E-state index contributed by atoms with van der Waals surface area (Å²) in [5.74, 6) is 3.21. The molecule has 0 spiro atoms. The van der Waals surface area contributed by atoms with E-state index in [4.69, 9.17) is 0 Å². The number of thioether (sulfide) groups is 1. The van der Waals surface area contributed by atoms with Crippen LogP contribution >= 0.6 is 35.7 Å². The van der Waals surface area contributed by atoms with Crippen molar-refractivity contribution in [3.05, 3.63) is 24.4 Å². The maximum Gasteiger partial charge on any atom is 0.193 e. The zero-order valence-corrected chi connectivity index (χ0v) is 17.8. The lowest BCUT2D eigenvalue weighted by atomic mass is 10.3. The van der Waals surface area contributed by atoms with Crippen molar-refractivity contribution in [2.24, 2.45) is 4.99 Å². The lowest BCUT2D eigenvalue weighted by Gasteiger charge is -2.34. The van der Waals surface area contributed by atoms with Crippen LogP contribution < -0.4 is 10.6 Å². The van der Waals surface area contributed by atoms with Crippen LogP contribution in [0.5, 0.6) is 0 Å². The molecule has 0 aromatic carbocycles. The van der Waals surface area contributed by atoms with E-state index in [2.05, 4.69) is 44.2 Å². The molecule has 0 bridgehead atoms. The third-order valence-electron chi connectivity index (χ3n) is 3.96. The van der Waals surface area contributed by atoms with Crippen LogP contribution in [0.1, 0.15) is 26.2 Å². The molecule has 1 aromatic heterocycles. The van der Waals surface area contributed by atoms with Crippen LogP contribution in [-0.4, -0.2) is 60.1 Å². The van der Waals surface area contributed by atoms with Crippen molar-refractivity contribution >= 4 is 47.5 Å². The smallest absolute Gasteiger partial charge is 0.193 e. The lowest BCUT2D eigenvalue weighted by Crippen LogP contribution is -2.48. The predicted octanol–water partition coefficient (Wildman–Crippen LogP) is 3.29. The highest BCUT2D eigenvalue weighted by molar-refractivity contribution is 14.0. The summed E-state index contributed by atoms with van der Waals surface area (Å²) in [6.07, 6.45) is 5.29. The quantitative estimate of drug-likeness (QED) is 0.281. The van der Waals surface area contributed by atoms with E-state index in [1.54, 1.807) is 0 Å². The summed E-state index contributed by atoms with van der Waals surface area (Å²) in [7, 11) is 1.88. The van der Waals surface area contributed by atoms with Gasteiger partial charge in [0, 0.05) is 50.4 Å². The molecule has 0 amide bonds. The number of halogens is 1. The average Bonchev–Trinajstić information content (AvgIpc) is 2.62. The van der Waals surface area contributed by atoms with Gasteiger partial charge in [-0.2, -0.15) is 11.8 Å². The fourth-order valence-corrected chi connectivity index (χ4v) is 3.81. The van der Waals surface area contributed by atoms with E-state index in [1.165, 1.54) is 12.2 Å². The summed E-state index contributed by atoms with van der Waals surface area (Å²) in [4.78, 5) is 11.1. The summed E-state index contributed by atoms with van der Waals surface area (Å²) < 4.78 is 0. The van der Waals surface area contributed by atoms with E-state index in [9.17, 15) is 0 Å². The average molecular weight is 463 g/mol. The number of nitrogens with zero attached hydrogens (tertiary/aromatic N) is 3. The molecule has 2 heterocycles. The summed E-state index contributed by atoms with van der Waals surface area (Å²) in [6.45, 7) is 6.41. The zero-order chi connectivity index (χ0) is 16.3. The van der Waals surface area contributed by atoms with Crippen molar-refractivity contribution in [1.82, 2.24) is 15.2 Å². The van der Waals surface area contributed by atoms with E-state index < -0.39 is 0 Å². The molecule has 1 unspecified atom stereocenters. The predicted molar refractivity (Wildman–Crippen MR) is 117 cm³/mol. The normalized spacial score (nSPS) is 18.0. The van der Waals surface area contributed by atoms with Crippen LogP contribution in [0.15, 0.2) is 29.4 Å². The Labute approximate surface area is 167 Å². The molecule has 24 heavy (non-hydrogen) atoms. The van der Waals surface area contributed by atoms with Crippen molar-refractivity contribution in [1.29, 1.82) is 0 Å². The summed E-state index contributed by atoms with van der Waals surface area (Å²) >= 11 is 2.09. The second kappa shape index (κ2) is 12.6. The number of hydrogen-bond donors (Lipinski definition) is 2. The van der Waals surface area contributed by atoms with Crippen LogP contribution in [0.3, 0.4) is 0 Å². The summed E-state index contributed by atoms with van der Waals surface area (Å²) in [6, 6.07) is 5.93. The van der Waals surface area contributed by atoms with Gasteiger partial charge >= 0.3 is 0 Å². The monoisotopic (exact) mass is 463 g/mol. The molecule has 2 N–H and O–H groups in total. The first-order chi connectivity index (χ1) is 11.3. The van der Waals surface area contributed by atoms with Crippen LogP contribution in [0, 0.1) is 0 Å². The van der Waals surface area contributed by atoms with Gasteiger partial charge in [-0.25, -0.2) is 4.98 Å². The summed E-state index contributed by atoms with van der Waals surface area (Å²) in [5, 5.41) is 7.59. The minimum atomic E-state index is 0. The standard InChI is InChI=1S/C17H29N5S.HI/c1-3-15-14-22(12-13-23-15)17(18-2)21-11-7-6-10-20-16-8-4-5-9-19-16;/h4-5,8-9,15H,3,6-7,10-14H2,1-2H3,(H,18,21)(H,19,20);1H. The highest BCUT2D eigenvalue weighted by Crippen LogP contribution is 2.20. The SMILES string of the molecule is CCC1CN(C(=NC)NCCCCNc2ccccn2)CCS1.I. The number of hydrogen-bond acceptors (Lipinski definition) is 4. The number of aromatic nitrogens is 1. The van der Waals surface area contributed by atoms with Gasteiger partial charge in [0.2, 0.25) is 0 Å². The van der Waals surface area contributed by atoms with Crippen LogP contribution in [0.25, 0.3) is 0 Å². The van der Waals surface area contributed by atoms with Gasteiger partial charge in [0.05, 0.1) is 0 Å². The molecule has 0 radical (unpaired) electrons. The highest BCUT2D eigenvalue weighted by Gasteiger charge is 2.21. The molecular weight excluding hydrogens is 433 g/mol. The second-order valence-electron chi connectivity index (χ2n) is 5.67. The number of nitrogens with one attached hydrogen (secondary N) is 2. The van der Waals surface area contributed by atoms with Crippen molar-refractivity contribution in [2.45, 2.75) is 31.4 Å². The molecule has 2 rings (SSSR count). The van der Waals surface area contributed by atoms with Crippen LogP contribution in [-0.2, 0) is 0 Å². The Morgan fingerprint density at radius 3 is 2.92 bits per heavy atom. The fraction of sp³-hybridized carbons (Fsp3) is 0.647. The number of guanidine groups is 1. The lowest BCUT2D eigenvalue weighted by molar-refractivity contribution is 0.407. The second-order valence-corrected chi connectivity index (χ2v) is 7.08. The van der Waals surface area contributed by atoms with E-state index >= 15 is 0 Å². The van der Waals surface area contributed by atoms with Crippen molar-refractivity contribution < 1.29 is 0 Å². The first kappa shape index (κ1) is 21.3. The summed E-state index contributed by atoms with van der Waals surface area (Å²) in [5.41, 5.74) is 0. The van der Waals surface area contributed by atoms with Gasteiger partial charge < -0.3 is 15.5 Å². The number of rotatable bonds is 7. The third-order valence-corrected chi connectivity index (χ3v) is 5.34. The number of pyridine rings is 1. The Balaban J connectivity index is 0.00000288. The maximum absolute atomic E-state index is 4.44. The molecule has 1 atom stereocenters. The third kappa shape index (κ3) is 7.46. The maximum atomic E-state index is 4.44. The van der Waals surface area contributed by atoms with Gasteiger partial charge in [-0.05, 0) is 31.4 Å². The molecule has 0 saturated carbocycles. The van der Waals surface area contributed by atoms with E-state index in [-0.39, 0.29) is 24.0 Å². The zero-order valence-electron chi connectivity index (χ0n) is 14.7. The molecule has 136 valence electrons. The number of anilines is 1. The number of aliphatic imine (C=N–C) groups is 1. The van der Waals surface area contributed by atoms with Gasteiger partial charge in [0.25, 0.3) is 0 Å². The van der Waals surface area contributed by atoms with E-state index in [0.717, 1.165) is 56.0 Å². The Kier molecular flexibility index (Phi) is 11.2. The largest absolute Gasteiger partial charge is 0.370 e. The Morgan fingerprint density at radius 1 is 1.38 bits per heavy atom. The van der Waals surface area contributed by atoms with Gasteiger partial charge in [-0.1, -0.05) is 13.0 Å².